The second-order valence-corrected chi connectivity index (χ2v) is 12.3. The van der Waals surface area contributed by atoms with E-state index in [0.717, 1.165) is 38.3 Å². The van der Waals surface area contributed by atoms with Gasteiger partial charge < -0.3 is 29.7 Å². The molecule has 0 bridgehead atoms. The molecule has 1 N–H and O–H groups in total. The topological polar surface area (TPSA) is 102 Å². The Balaban J connectivity index is 1.26. The fraction of sp³-hybridized carbons (Fsp3) is 0.667. The normalized spacial score (nSPS) is 25.1. The second-order valence-electron chi connectivity index (χ2n) is 12.3. The molecule has 10 heteroatoms. The molecule has 3 saturated heterocycles. The van der Waals surface area contributed by atoms with Gasteiger partial charge in [-0.1, -0.05) is 13.8 Å². The highest BCUT2D eigenvalue weighted by atomic mass is 16.5. The van der Waals surface area contributed by atoms with E-state index in [4.69, 9.17) is 4.74 Å². The maximum atomic E-state index is 13.8. The Morgan fingerprint density at radius 1 is 1.02 bits per heavy atom. The number of carbonyl (C=O) groups is 4. The Morgan fingerprint density at radius 2 is 1.70 bits per heavy atom. The minimum atomic E-state index is -0.833. The molecule has 4 aliphatic rings. The highest BCUT2D eigenvalue weighted by molar-refractivity contribution is 6.01. The van der Waals surface area contributed by atoms with E-state index in [0.29, 0.717) is 37.8 Å². The third-order valence-corrected chi connectivity index (χ3v) is 9.22. The molecule has 40 heavy (non-hydrogen) atoms. The number of carbonyl (C=O) groups excluding carboxylic acids is 4. The van der Waals surface area contributed by atoms with Crippen molar-refractivity contribution in [3.63, 3.8) is 0 Å². The zero-order valence-electron chi connectivity index (χ0n) is 24.2. The summed E-state index contributed by atoms with van der Waals surface area (Å²) < 4.78 is 5.58. The Hall–Kier alpha value is -2.98. The number of likely N-dealkylation sites (tertiary alicyclic amines) is 2. The quantitative estimate of drug-likeness (QED) is 0.521. The number of amides is 3. The van der Waals surface area contributed by atoms with Crippen LogP contribution >= 0.6 is 0 Å². The summed E-state index contributed by atoms with van der Waals surface area (Å²) in [6.45, 7) is 8.29. The predicted octanol–water partition coefficient (Wildman–Crippen LogP) is 1.53. The van der Waals surface area contributed by atoms with Crippen LogP contribution in [-0.4, -0.2) is 115 Å². The maximum Gasteiger partial charge on any atom is 0.255 e. The number of piperazine rings is 1. The SMILES string of the molecule is COC1(C(=O)N2CC(=O)C3C2CCN3C(=O)C(CC(C)C)NC(=O)c2ccc(N3CCN(C)CC3)cc2)CCC1. The van der Waals surface area contributed by atoms with Crippen LogP contribution in [0.2, 0.25) is 0 Å². The molecular formula is C30H43N5O5. The van der Waals surface area contributed by atoms with Crippen molar-refractivity contribution >= 4 is 29.2 Å². The number of ether oxygens (including phenoxy) is 1. The molecule has 0 aromatic heterocycles. The van der Waals surface area contributed by atoms with E-state index in [1.54, 1.807) is 16.9 Å². The highest BCUT2D eigenvalue weighted by Crippen LogP contribution is 2.40. The molecule has 3 heterocycles. The van der Waals surface area contributed by atoms with Crippen LogP contribution in [0.15, 0.2) is 24.3 Å². The number of ketones is 1. The Morgan fingerprint density at radius 3 is 2.27 bits per heavy atom. The average Bonchev–Trinajstić information content (AvgIpc) is 3.49. The van der Waals surface area contributed by atoms with E-state index in [1.165, 1.54) is 0 Å². The van der Waals surface area contributed by atoms with Gasteiger partial charge in [-0.3, -0.25) is 19.2 Å². The average molecular weight is 554 g/mol. The summed E-state index contributed by atoms with van der Waals surface area (Å²) >= 11 is 0. The molecule has 0 radical (unpaired) electrons. The lowest BCUT2D eigenvalue weighted by Crippen LogP contribution is -2.56. The molecule has 3 unspecified atom stereocenters. The molecule has 1 aromatic carbocycles. The molecule has 4 fully saturated rings. The van der Waals surface area contributed by atoms with Gasteiger partial charge in [0.1, 0.15) is 17.7 Å². The third-order valence-electron chi connectivity index (χ3n) is 9.22. The molecule has 10 nitrogen and oxygen atoms in total. The molecule has 5 rings (SSSR count). The molecule has 0 spiro atoms. The van der Waals surface area contributed by atoms with Crippen LogP contribution in [0.4, 0.5) is 5.69 Å². The van der Waals surface area contributed by atoms with Gasteiger partial charge in [-0.2, -0.15) is 0 Å². The van der Waals surface area contributed by atoms with E-state index in [-0.39, 0.29) is 42.0 Å². The monoisotopic (exact) mass is 553 g/mol. The molecule has 218 valence electrons. The fourth-order valence-electron chi connectivity index (χ4n) is 6.63. The number of fused-ring (bicyclic) bond motifs is 1. The van der Waals surface area contributed by atoms with E-state index in [1.807, 2.05) is 38.1 Å². The minimum Gasteiger partial charge on any atom is -0.369 e. The van der Waals surface area contributed by atoms with Crippen molar-refractivity contribution in [3.8, 4) is 0 Å². The number of Topliss-reactive ketones (excluding diaryl/α,β-unsaturated/α-hetero) is 1. The van der Waals surface area contributed by atoms with Crippen molar-refractivity contribution in [3.05, 3.63) is 29.8 Å². The van der Waals surface area contributed by atoms with Crippen LogP contribution in [-0.2, 0) is 19.1 Å². The van der Waals surface area contributed by atoms with Crippen LogP contribution in [0.1, 0.15) is 56.3 Å². The van der Waals surface area contributed by atoms with Crippen molar-refractivity contribution in [2.24, 2.45) is 5.92 Å². The number of hydrogen-bond donors (Lipinski definition) is 1. The Kier molecular flexibility index (Phi) is 8.20. The summed E-state index contributed by atoms with van der Waals surface area (Å²) in [7, 11) is 3.67. The number of rotatable bonds is 8. The first-order chi connectivity index (χ1) is 19.1. The molecule has 1 aliphatic carbocycles. The lowest BCUT2D eigenvalue weighted by atomic mass is 9.78. The molecular weight excluding hydrogens is 510 g/mol. The summed E-state index contributed by atoms with van der Waals surface area (Å²) in [4.78, 5) is 61.5. The van der Waals surface area contributed by atoms with E-state index in [2.05, 4.69) is 22.2 Å². The van der Waals surface area contributed by atoms with Gasteiger partial charge in [-0.25, -0.2) is 0 Å². The van der Waals surface area contributed by atoms with Crippen molar-refractivity contribution in [1.29, 1.82) is 0 Å². The predicted molar refractivity (Wildman–Crippen MR) is 151 cm³/mol. The van der Waals surface area contributed by atoms with Crippen LogP contribution in [0.25, 0.3) is 0 Å². The van der Waals surface area contributed by atoms with Crippen LogP contribution < -0.4 is 10.2 Å². The number of hydrogen-bond acceptors (Lipinski definition) is 7. The number of nitrogens with one attached hydrogen (secondary N) is 1. The van der Waals surface area contributed by atoms with Gasteiger partial charge in [0.2, 0.25) is 5.91 Å². The first kappa shape index (κ1) is 28.5. The zero-order valence-corrected chi connectivity index (χ0v) is 24.2. The van der Waals surface area contributed by atoms with Gasteiger partial charge in [-0.05, 0) is 69.3 Å². The number of methoxy groups -OCH3 is 1. The second kappa shape index (κ2) is 11.5. The molecule has 3 atom stereocenters. The summed E-state index contributed by atoms with van der Waals surface area (Å²) in [6.07, 6.45) is 3.25. The zero-order chi connectivity index (χ0) is 28.6. The molecule has 1 aromatic rings. The number of likely N-dealkylation sites (N-methyl/N-ethyl adjacent to an activating group) is 1. The van der Waals surface area contributed by atoms with Crippen molar-refractivity contribution in [2.75, 3.05) is 58.3 Å². The Bertz CT molecular complexity index is 1120. The van der Waals surface area contributed by atoms with Gasteiger partial charge in [-0.15, -0.1) is 0 Å². The lowest BCUT2D eigenvalue weighted by Gasteiger charge is -2.42. The van der Waals surface area contributed by atoms with Crippen LogP contribution in [0.5, 0.6) is 0 Å². The summed E-state index contributed by atoms with van der Waals surface area (Å²) in [5, 5.41) is 2.96. The van der Waals surface area contributed by atoms with Gasteiger partial charge in [0, 0.05) is 51.1 Å². The first-order valence-electron chi connectivity index (χ1n) is 14.7. The van der Waals surface area contributed by atoms with Crippen LogP contribution in [0.3, 0.4) is 0 Å². The van der Waals surface area contributed by atoms with E-state index >= 15 is 0 Å². The van der Waals surface area contributed by atoms with Crippen molar-refractivity contribution in [2.45, 2.75) is 69.7 Å². The smallest absolute Gasteiger partial charge is 0.255 e. The molecule has 3 amide bonds. The molecule has 3 aliphatic heterocycles. The van der Waals surface area contributed by atoms with E-state index < -0.39 is 17.7 Å². The number of nitrogens with zero attached hydrogens (tertiary/aromatic N) is 4. The number of anilines is 1. The van der Waals surface area contributed by atoms with Crippen molar-refractivity contribution in [1.82, 2.24) is 20.0 Å². The third kappa shape index (κ3) is 5.35. The van der Waals surface area contributed by atoms with Crippen molar-refractivity contribution < 1.29 is 23.9 Å². The summed E-state index contributed by atoms with van der Waals surface area (Å²) in [5.41, 5.74) is 0.747. The Labute approximate surface area is 237 Å². The maximum absolute atomic E-state index is 13.8. The summed E-state index contributed by atoms with van der Waals surface area (Å²) in [6, 6.07) is 5.78. The lowest BCUT2D eigenvalue weighted by molar-refractivity contribution is -0.167. The molecule has 1 saturated carbocycles. The van der Waals surface area contributed by atoms with Gasteiger partial charge in [0.25, 0.3) is 11.8 Å². The number of benzene rings is 1. The summed E-state index contributed by atoms with van der Waals surface area (Å²) in [5.74, 6) is -0.658. The highest BCUT2D eigenvalue weighted by Gasteiger charge is 2.56. The van der Waals surface area contributed by atoms with Crippen LogP contribution in [0, 0.1) is 5.92 Å². The first-order valence-corrected chi connectivity index (χ1v) is 14.7. The van der Waals surface area contributed by atoms with E-state index in [9.17, 15) is 19.2 Å². The van der Waals surface area contributed by atoms with Gasteiger partial charge in [0.15, 0.2) is 5.78 Å². The fourth-order valence-corrected chi connectivity index (χ4v) is 6.63. The minimum absolute atomic E-state index is 0.00389. The van der Waals surface area contributed by atoms with Gasteiger partial charge in [0.05, 0.1) is 12.6 Å². The standard InChI is InChI=1S/C30H43N5O5/c1-20(2)18-23(31-27(37)21-6-8-22(9-7-21)33-16-14-32(3)15-17-33)28(38)34-13-10-24-26(34)25(36)19-35(24)29(39)30(40-4)11-5-12-30/h6-9,20,23-24,26H,5,10-19H2,1-4H3,(H,31,37). The largest absolute Gasteiger partial charge is 0.369 e. The van der Waals surface area contributed by atoms with Gasteiger partial charge >= 0.3 is 0 Å².